The van der Waals surface area contributed by atoms with Crippen molar-refractivity contribution >= 4 is 25.5 Å². The number of hydrogen-bond acceptors (Lipinski definition) is 7. The highest BCUT2D eigenvalue weighted by Gasteiger charge is 2.41. The molecule has 0 aromatic rings. The Bertz CT molecular complexity index is 565. The number of carbonyl (C=O) groups is 3. The van der Waals surface area contributed by atoms with Gasteiger partial charge in [0.15, 0.2) is 0 Å². The molecule has 1 rings (SSSR count). The Morgan fingerprint density at radius 1 is 1.17 bits per heavy atom. The van der Waals surface area contributed by atoms with Crippen LogP contribution in [0.5, 0.6) is 0 Å². The van der Waals surface area contributed by atoms with Crippen LogP contribution < -0.4 is 0 Å². The van der Waals surface area contributed by atoms with Crippen LogP contribution in [0.25, 0.3) is 0 Å². The molecule has 0 bridgehead atoms. The first-order valence-corrected chi connectivity index (χ1v) is 8.56. The van der Waals surface area contributed by atoms with Gasteiger partial charge in [0, 0.05) is 13.8 Å². The van der Waals surface area contributed by atoms with Crippen molar-refractivity contribution in [3.8, 4) is 0 Å². The van der Waals surface area contributed by atoms with E-state index in [-0.39, 0.29) is 19.1 Å². The van der Waals surface area contributed by atoms with E-state index in [9.17, 15) is 18.9 Å². The van der Waals surface area contributed by atoms with Gasteiger partial charge in [-0.05, 0) is 20.8 Å². The molecule has 0 radical (unpaired) electrons. The van der Waals surface area contributed by atoms with Crippen molar-refractivity contribution in [2.24, 2.45) is 0 Å². The quantitative estimate of drug-likeness (QED) is 0.672. The lowest BCUT2D eigenvalue weighted by Crippen LogP contribution is -2.52. The zero-order chi connectivity index (χ0) is 17.8. The summed E-state index contributed by atoms with van der Waals surface area (Å²) in [5.74, 6) is -1.92. The molecule has 0 N–H and O–H groups in total. The van der Waals surface area contributed by atoms with E-state index in [1.165, 1.54) is 20.8 Å². The van der Waals surface area contributed by atoms with E-state index >= 15 is 0 Å². The fraction of sp³-hybridized carbons (Fsp3) is 0.615. The molecular weight excluding hydrogens is 327 g/mol. The Balaban J connectivity index is 3.27. The first-order chi connectivity index (χ1) is 10.7. The van der Waals surface area contributed by atoms with Crippen molar-refractivity contribution in [1.29, 1.82) is 0 Å². The highest BCUT2D eigenvalue weighted by molar-refractivity contribution is 7.48. The molecule has 1 aliphatic rings. The highest BCUT2D eigenvalue weighted by Crippen LogP contribution is 2.52. The number of phosphoric acid groups is 1. The molecule has 1 heterocycles. The zero-order valence-electron chi connectivity index (χ0n) is 13.8. The van der Waals surface area contributed by atoms with Gasteiger partial charge in [-0.15, -0.1) is 0 Å². The Hall–Kier alpha value is -1.70. The SMILES string of the molecule is CCOP(=O)(OCC)OC1=CN(C(C)=O)C(=O)C(C)N1C(C)=O. The molecule has 1 atom stereocenters. The number of rotatable bonds is 6. The molecule has 1 aliphatic heterocycles. The largest absolute Gasteiger partial charge is 0.531 e. The van der Waals surface area contributed by atoms with E-state index < -0.39 is 31.6 Å². The molecule has 130 valence electrons. The lowest BCUT2D eigenvalue weighted by atomic mass is 10.2. The van der Waals surface area contributed by atoms with Gasteiger partial charge >= 0.3 is 7.82 Å². The molecule has 1 unspecified atom stereocenters. The Kier molecular flexibility index (Phi) is 6.49. The van der Waals surface area contributed by atoms with Crippen LogP contribution in [0.15, 0.2) is 12.1 Å². The second kappa shape index (κ2) is 7.72. The second-order valence-corrected chi connectivity index (χ2v) is 6.23. The van der Waals surface area contributed by atoms with Gasteiger partial charge in [0.2, 0.25) is 17.7 Å². The molecular formula is C13H21N2O7P. The molecule has 0 saturated heterocycles. The Morgan fingerprint density at radius 2 is 1.70 bits per heavy atom. The number of phosphoric ester groups is 1. The van der Waals surface area contributed by atoms with Crippen molar-refractivity contribution in [1.82, 2.24) is 9.80 Å². The predicted octanol–water partition coefficient (Wildman–Crippen LogP) is 1.61. The van der Waals surface area contributed by atoms with Gasteiger partial charge in [0.05, 0.1) is 19.4 Å². The Labute approximate surface area is 134 Å². The molecule has 0 fully saturated rings. The van der Waals surface area contributed by atoms with Crippen molar-refractivity contribution in [3.63, 3.8) is 0 Å². The van der Waals surface area contributed by atoms with Gasteiger partial charge in [-0.1, -0.05) is 0 Å². The summed E-state index contributed by atoms with van der Waals surface area (Å²) in [6.45, 7) is 7.14. The van der Waals surface area contributed by atoms with Crippen LogP contribution in [-0.4, -0.2) is 46.8 Å². The van der Waals surface area contributed by atoms with Crippen molar-refractivity contribution in [3.05, 3.63) is 12.1 Å². The number of hydrogen-bond donors (Lipinski definition) is 0. The minimum atomic E-state index is -3.98. The van der Waals surface area contributed by atoms with Crippen LogP contribution in [0.2, 0.25) is 0 Å². The average Bonchev–Trinajstić information content (AvgIpc) is 2.42. The van der Waals surface area contributed by atoms with E-state index in [2.05, 4.69) is 0 Å². The summed E-state index contributed by atoms with van der Waals surface area (Å²) in [7, 11) is -3.98. The summed E-state index contributed by atoms with van der Waals surface area (Å²) in [5, 5.41) is 0. The van der Waals surface area contributed by atoms with Crippen LogP contribution in [0.3, 0.4) is 0 Å². The topological polar surface area (TPSA) is 102 Å². The van der Waals surface area contributed by atoms with Crippen LogP contribution in [0.1, 0.15) is 34.6 Å². The first kappa shape index (κ1) is 19.3. The summed E-state index contributed by atoms with van der Waals surface area (Å²) >= 11 is 0. The van der Waals surface area contributed by atoms with Crippen LogP contribution >= 0.6 is 7.82 Å². The zero-order valence-corrected chi connectivity index (χ0v) is 14.7. The van der Waals surface area contributed by atoms with Gasteiger partial charge in [-0.25, -0.2) is 4.57 Å². The molecule has 0 aromatic heterocycles. The van der Waals surface area contributed by atoms with Crippen LogP contribution in [0.4, 0.5) is 0 Å². The third-order valence-electron chi connectivity index (χ3n) is 2.92. The molecule has 0 aliphatic carbocycles. The molecule has 3 amide bonds. The van der Waals surface area contributed by atoms with E-state index in [0.29, 0.717) is 0 Å². The van der Waals surface area contributed by atoms with E-state index in [1.807, 2.05) is 0 Å². The number of nitrogens with zero attached hydrogens (tertiary/aromatic N) is 2. The smallest absolute Gasteiger partial charge is 0.386 e. The molecule has 0 saturated carbocycles. The number of carbonyl (C=O) groups excluding carboxylic acids is 3. The molecule has 0 aromatic carbocycles. The number of amides is 3. The maximum absolute atomic E-state index is 12.5. The summed E-state index contributed by atoms with van der Waals surface area (Å²) < 4.78 is 27.7. The monoisotopic (exact) mass is 348 g/mol. The molecule has 10 heteroatoms. The third-order valence-corrected chi connectivity index (χ3v) is 4.48. The maximum atomic E-state index is 12.5. The fourth-order valence-corrected chi connectivity index (χ4v) is 3.18. The molecule has 9 nitrogen and oxygen atoms in total. The standard InChI is InChI=1S/C13H21N2O7P/c1-6-20-23(19,21-7-2)22-12-8-14(10(4)16)13(18)9(3)15(12)11(5)17/h8-9H,6-7H2,1-5H3. The van der Waals surface area contributed by atoms with Crippen LogP contribution in [-0.2, 0) is 32.5 Å². The Morgan fingerprint density at radius 3 is 2.09 bits per heavy atom. The van der Waals surface area contributed by atoms with Gasteiger partial charge in [0.1, 0.15) is 6.04 Å². The lowest BCUT2D eigenvalue weighted by Gasteiger charge is -2.36. The molecule has 23 heavy (non-hydrogen) atoms. The maximum Gasteiger partial charge on any atom is 0.531 e. The van der Waals surface area contributed by atoms with Gasteiger partial charge in [-0.3, -0.25) is 33.2 Å². The summed E-state index contributed by atoms with van der Waals surface area (Å²) in [6, 6.07) is -0.992. The highest BCUT2D eigenvalue weighted by atomic mass is 31.2. The minimum absolute atomic E-state index is 0.0511. The molecule has 0 spiro atoms. The van der Waals surface area contributed by atoms with Gasteiger partial charge in [0.25, 0.3) is 5.91 Å². The second-order valence-electron chi connectivity index (χ2n) is 4.63. The average molecular weight is 348 g/mol. The fourth-order valence-electron chi connectivity index (χ4n) is 2.00. The lowest BCUT2D eigenvalue weighted by molar-refractivity contribution is -0.151. The van der Waals surface area contributed by atoms with Crippen molar-refractivity contribution in [2.45, 2.75) is 40.7 Å². The normalized spacial score (nSPS) is 18.7. The third kappa shape index (κ3) is 4.40. The predicted molar refractivity (Wildman–Crippen MR) is 79.5 cm³/mol. The summed E-state index contributed by atoms with van der Waals surface area (Å²) in [5.41, 5.74) is 0. The van der Waals surface area contributed by atoms with Crippen LogP contribution in [0, 0.1) is 0 Å². The van der Waals surface area contributed by atoms with E-state index in [0.717, 1.165) is 16.0 Å². The minimum Gasteiger partial charge on any atom is -0.386 e. The summed E-state index contributed by atoms with van der Waals surface area (Å²) in [6.07, 6.45) is 1.01. The van der Waals surface area contributed by atoms with E-state index in [4.69, 9.17) is 13.6 Å². The van der Waals surface area contributed by atoms with Crippen molar-refractivity contribution < 1.29 is 32.5 Å². The number of imide groups is 1. The first-order valence-electron chi connectivity index (χ1n) is 7.10. The van der Waals surface area contributed by atoms with Gasteiger partial charge in [-0.2, -0.15) is 0 Å². The summed E-state index contributed by atoms with van der Waals surface area (Å²) in [4.78, 5) is 37.3. The van der Waals surface area contributed by atoms with Gasteiger partial charge < -0.3 is 4.52 Å². The van der Waals surface area contributed by atoms with E-state index in [1.54, 1.807) is 13.8 Å². The van der Waals surface area contributed by atoms with Crippen molar-refractivity contribution in [2.75, 3.05) is 13.2 Å².